The van der Waals surface area contributed by atoms with Gasteiger partial charge < -0.3 is 19.7 Å². The summed E-state index contributed by atoms with van der Waals surface area (Å²) >= 11 is 5.17. The molecule has 4 aromatic rings. The fourth-order valence-corrected chi connectivity index (χ4v) is 4.69. The molecular weight excluding hydrogens is 543 g/mol. The summed E-state index contributed by atoms with van der Waals surface area (Å²) in [5.41, 5.74) is -0.115. The Morgan fingerprint density at radius 2 is 1.84 bits per heavy atom. The van der Waals surface area contributed by atoms with Gasteiger partial charge in [0.2, 0.25) is 21.0 Å². The molecule has 198 valence electrons. The Morgan fingerprint density at radius 1 is 1.13 bits per heavy atom. The SMILES string of the molecule is COc1cccc2c(N=NC(=S)Nc3ccccc3S(N)(=O)=O)c(O)n(Cc3cccc(C(F)(F)F)c3)c12. The van der Waals surface area contributed by atoms with Crippen LogP contribution < -0.4 is 15.2 Å². The second-order valence-electron chi connectivity index (χ2n) is 7.98. The number of hydrogen-bond acceptors (Lipinski definition) is 6. The fourth-order valence-electron chi connectivity index (χ4n) is 3.85. The van der Waals surface area contributed by atoms with Gasteiger partial charge in [-0.15, -0.1) is 10.2 Å². The van der Waals surface area contributed by atoms with Gasteiger partial charge in [0.25, 0.3) is 0 Å². The molecule has 0 fully saturated rings. The van der Waals surface area contributed by atoms with E-state index in [1.165, 1.54) is 42.0 Å². The maximum absolute atomic E-state index is 13.2. The van der Waals surface area contributed by atoms with Crippen molar-refractivity contribution in [3.05, 3.63) is 77.9 Å². The van der Waals surface area contributed by atoms with E-state index < -0.39 is 27.6 Å². The zero-order valence-corrected chi connectivity index (χ0v) is 21.2. The average Bonchev–Trinajstić information content (AvgIpc) is 3.12. The van der Waals surface area contributed by atoms with Gasteiger partial charge in [0.1, 0.15) is 10.6 Å². The third-order valence-electron chi connectivity index (χ3n) is 5.48. The Balaban J connectivity index is 1.73. The van der Waals surface area contributed by atoms with Crippen molar-refractivity contribution in [3.8, 4) is 11.6 Å². The van der Waals surface area contributed by atoms with Crippen LogP contribution in [-0.4, -0.2) is 30.3 Å². The number of aromatic hydroxyl groups is 1. The number of benzene rings is 3. The number of nitrogens with two attached hydrogens (primary N) is 1. The first-order valence-electron chi connectivity index (χ1n) is 10.8. The summed E-state index contributed by atoms with van der Waals surface area (Å²) in [6.07, 6.45) is -4.53. The van der Waals surface area contributed by atoms with Crippen LogP contribution >= 0.6 is 12.2 Å². The lowest BCUT2D eigenvalue weighted by atomic mass is 10.1. The highest BCUT2D eigenvalue weighted by atomic mass is 32.2. The van der Waals surface area contributed by atoms with E-state index >= 15 is 0 Å². The Bertz CT molecular complexity index is 1670. The number of primary sulfonamides is 1. The van der Waals surface area contributed by atoms with Crippen molar-refractivity contribution in [2.45, 2.75) is 17.6 Å². The number of nitrogens with zero attached hydrogens (tertiary/aromatic N) is 3. The highest BCUT2D eigenvalue weighted by Gasteiger charge is 2.30. The number of anilines is 1. The topological polar surface area (TPSA) is 131 Å². The third-order valence-corrected chi connectivity index (χ3v) is 6.64. The van der Waals surface area contributed by atoms with Crippen LogP contribution in [0, 0.1) is 0 Å². The maximum atomic E-state index is 13.2. The maximum Gasteiger partial charge on any atom is 0.416 e. The highest BCUT2D eigenvalue weighted by molar-refractivity contribution is 7.89. The van der Waals surface area contributed by atoms with Crippen LogP contribution in [0.25, 0.3) is 10.9 Å². The first-order valence-corrected chi connectivity index (χ1v) is 12.7. The summed E-state index contributed by atoms with van der Waals surface area (Å²) in [5, 5.41) is 27.0. The van der Waals surface area contributed by atoms with Gasteiger partial charge in [-0.25, -0.2) is 13.6 Å². The quantitative estimate of drug-likeness (QED) is 0.208. The molecule has 14 heteroatoms. The second-order valence-corrected chi connectivity index (χ2v) is 9.90. The Hall–Kier alpha value is -4.01. The van der Waals surface area contributed by atoms with Crippen molar-refractivity contribution in [3.63, 3.8) is 0 Å². The Morgan fingerprint density at radius 3 is 2.53 bits per heavy atom. The lowest BCUT2D eigenvalue weighted by molar-refractivity contribution is -0.137. The number of halogens is 3. The largest absolute Gasteiger partial charge is 0.495 e. The van der Waals surface area contributed by atoms with Gasteiger partial charge in [-0.3, -0.25) is 0 Å². The van der Waals surface area contributed by atoms with Crippen LogP contribution in [0.2, 0.25) is 0 Å². The zero-order chi connectivity index (χ0) is 27.7. The van der Waals surface area contributed by atoms with Crippen molar-refractivity contribution in [2.24, 2.45) is 15.4 Å². The number of ether oxygens (including phenoxy) is 1. The average molecular weight is 564 g/mol. The first-order chi connectivity index (χ1) is 17.9. The van der Waals surface area contributed by atoms with E-state index in [1.807, 2.05) is 0 Å². The van der Waals surface area contributed by atoms with Crippen molar-refractivity contribution >= 4 is 49.6 Å². The molecule has 4 N–H and O–H groups in total. The van der Waals surface area contributed by atoms with Gasteiger partial charge in [-0.05, 0) is 48.1 Å². The molecule has 0 radical (unpaired) electrons. The van der Waals surface area contributed by atoms with Crippen LogP contribution in [0.15, 0.2) is 81.9 Å². The summed E-state index contributed by atoms with van der Waals surface area (Å²) in [5.74, 6) is -0.0487. The molecule has 0 atom stereocenters. The van der Waals surface area contributed by atoms with Gasteiger partial charge in [0.05, 0.1) is 30.4 Å². The van der Waals surface area contributed by atoms with Crippen LogP contribution in [-0.2, 0) is 22.7 Å². The van der Waals surface area contributed by atoms with Crippen molar-refractivity contribution in [2.75, 3.05) is 12.4 Å². The van der Waals surface area contributed by atoms with Crippen LogP contribution in [0.3, 0.4) is 0 Å². The minimum Gasteiger partial charge on any atom is -0.495 e. The lowest BCUT2D eigenvalue weighted by Crippen LogP contribution is -2.16. The molecule has 0 aliphatic heterocycles. The molecule has 1 heterocycles. The monoisotopic (exact) mass is 563 g/mol. The van der Waals surface area contributed by atoms with E-state index in [1.54, 1.807) is 24.3 Å². The number of thiocarbonyl (C=S) groups is 1. The normalized spacial score (nSPS) is 12.2. The number of rotatable bonds is 6. The lowest BCUT2D eigenvalue weighted by Gasteiger charge is -2.12. The number of aromatic nitrogens is 1. The number of azo groups is 1. The van der Waals surface area contributed by atoms with Crippen LogP contribution in [0.1, 0.15) is 11.1 Å². The number of alkyl halides is 3. The standard InChI is InChI=1S/C24H20F3N5O4S2/c1-36-18-10-5-8-16-20(30-31-23(37)29-17-9-2-3-11-19(17)38(28,34)35)22(33)32(21(16)18)13-14-6-4-7-15(12-14)24(25,26)27/h2-12,33H,13H2,1H3,(H,29,37)(H2,28,34,35). The molecule has 0 aliphatic rings. The highest BCUT2D eigenvalue weighted by Crippen LogP contribution is 2.43. The molecule has 0 spiro atoms. The molecule has 0 saturated heterocycles. The first kappa shape index (κ1) is 27.0. The van der Waals surface area contributed by atoms with Crippen LogP contribution in [0.5, 0.6) is 11.6 Å². The molecule has 0 unspecified atom stereocenters. The van der Waals surface area contributed by atoms with Crippen molar-refractivity contribution in [1.82, 2.24) is 4.57 Å². The number of methoxy groups -OCH3 is 1. The van der Waals surface area contributed by atoms with Crippen molar-refractivity contribution in [1.29, 1.82) is 0 Å². The fraction of sp³-hybridized carbons (Fsp3) is 0.125. The molecule has 3 aromatic carbocycles. The molecule has 38 heavy (non-hydrogen) atoms. The summed E-state index contributed by atoms with van der Waals surface area (Å²) in [7, 11) is -2.64. The van der Waals surface area contributed by atoms with E-state index in [9.17, 15) is 26.7 Å². The molecule has 0 saturated carbocycles. The zero-order valence-electron chi connectivity index (χ0n) is 19.6. The minimum absolute atomic E-state index is 0.0187. The van der Waals surface area contributed by atoms with E-state index in [0.29, 0.717) is 16.7 Å². The van der Waals surface area contributed by atoms with E-state index in [0.717, 1.165) is 12.1 Å². The summed E-state index contributed by atoms with van der Waals surface area (Å²) in [6.45, 7) is -0.132. The van der Waals surface area contributed by atoms with Crippen molar-refractivity contribution < 1.29 is 31.4 Å². The molecule has 0 amide bonds. The Kier molecular flexibility index (Phi) is 7.40. The summed E-state index contributed by atoms with van der Waals surface area (Å²) in [4.78, 5) is -0.206. The predicted octanol–water partition coefficient (Wildman–Crippen LogP) is 5.55. The van der Waals surface area contributed by atoms with E-state index in [-0.39, 0.29) is 33.5 Å². The molecule has 0 bridgehead atoms. The minimum atomic E-state index is -4.53. The Labute approximate surface area is 220 Å². The summed E-state index contributed by atoms with van der Waals surface area (Å²) < 4.78 is 70.1. The number of fused-ring (bicyclic) bond motifs is 1. The van der Waals surface area contributed by atoms with E-state index in [2.05, 4.69) is 15.5 Å². The van der Waals surface area contributed by atoms with Gasteiger partial charge in [0.15, 0.2) is 5.69 Å². The number of hydrogen-bond donors (Lipinski definition) is 3. The molecular formula is C24H20F3N5O4S2. The number of sulfonamides is 1. The molecule has 0 aliphatic carbocycles. The molecule has 1 aromatic heterocycles. The summed E-state index contributed by atoms with van der Waals surface area (Å²) in [6, 6.07) is 15.4. The third kappa shape index (κ3) is 5.61. The molecule has 9 nitrogen and oxygen atoms in total. The smallest absolute Gasteiger partial charge is 0.416 e. The van der Waals surface area contributed by atoms with Gasteiger partial charge in [0, 0.05) is 5.39 Å². The molecule has 4 rings (SSSR count). The van der Waals surface area contributed by atoms with E-state index in [4.69, 9.17) is 22.1 Å². The van der Waals surface area contributed by atoms with Gasteiger partial charge in [-0.2, -0.15) is 13.2 Å². The van der Waals surface area contributed by atoms with Crippen LogP contribution in [0.4, 0.5) is 24.5 Å². The van der Waals surface area contributed by atoms with Gasteiger partial charge in [-0.1, -0.05) is 36.4 Å². The predicted molar refractivity (Wildman–Crippen MR) is 139 cm³/mol. The number of nitrogens with one attached hydrogen (secondary N) is 1. The second kappa shape index (κ2) is 10.4. The number of para-hydroxylation sites is 2. The van der Waals surface area contributed by atoms with Gasteiger partial charge >= 0.3 is 6.18 Å².